The van der Waals surface area contributed by atoms with Gasteiger partial charge in [-0.05, 0) is 36.6 Å². The van der Waals surface area contributed by atoms with E-state index < -0.39 is 0 Å². The van der Waals surface area contributed by atoms with Gasteiger partial charge in [0.25, 0.3) is 0 Å². The van der Waals surface area contributed by atoms with E-state index in [2.05, 4.69) is 11.4 Å². The van der Waals surface area contributed by atoms with Crippen LogP contribution in [0, 0.1) is 5.92 Å². The third kappa shape index (κ3) is 1.22. The highest BCUT2D eigenvalue weighted by atomic mass is 35.5. The minimum Gasteiger partial charge on any atom is -0.508 e. The highest BCUT2D eigenvalue weighted by molar-refractivity contribution is 5.85. The van der Waals surface area contributed by atoms with Crippen molar-refractivity contribution >= 4 is 12.4 Å². The zero-order valence-electron chi connectivity index (χ0n) is 7.86. The zero-order valence-corrected chi connectivity index (χ0v) is 8.68. The largest absolute Gasteiger partial charge is 0.508 e. The van der Waals surface area contributed by atoms with E-state index in [0.29, 0.717) is 11.2 Å². The van der Waals surface area contributed by atoms with Gasteiger partial charge in [0.15, 0.2) is 0 Å². The maximum Gasteiger partial charge on any atom is 0.115 e. The maximum absolute atomic E-state index is 9.39. The number of fused-ring (bicyclic) bond motifs is 1. The van der Waals surface area contributed by atoms with Crippen molar-refractivity contribution in [2.45, 2.75) is 11.8 Å². The molecule has 1 saturated carbocycles. The summed E-state index contributed by atoms with van der Waals surface area (Å²) < 4.78 is 0. The Morgan fingerprint density at radius 1 is 1.43 bits per heavy atom. The molecule has 1 aromatic carbocycles. The van der Waals surface area contributed by atoms with Crippen molar-refractivity contribution in [3.8, 4) is 5.75 Å². The highest BCUT2D eigenvalue weighted by Crippen LogP contribution is 2.56. The molecule has 2 N–H and O–H groups in total. The molecule has 0 radical (unpaired) electrons. The minimum absolute atomic E-state index is 0. The SMILES string of the molecule is Cl.Oc1cccc(C23CNCC2C3)c1. The molecule has 2 fully saturated rings. The van der Waals surface area contributed by atoms with Crippen LogP contribution in [0.3, 0.4) is 0 Å². The van der Waals surface area contributed by atoms with Crippen LogP contribution in [-0.2, 0) is 5.41 Å². The first kappa shape index (κ1) is 9.81. The third-order valence-electron chi connectivity index (χ3n) is 3.48. The molecule has 2 nitrogen and oxygen atoms in total. The molecule has 0 aromatic heterocycles. The molecule has 0 bridgehead atoms. The Balaban J connectivity index is 0.000000750. The van der Waals surface area contributed by atoms with E-state index in [0.717, 1.165) is 19.0 Å². The maximum atomic E-state index is 9.39. The van der Waals surface area contributed by atoms with E-state index in [9.17, 15) is 5.11 Å². The summed E-state index contributed by atoms with van der Waals surface area (Å²) in [6.07, 6.45) is 1.30. The van der Waals surface area contributed by atoms with Gasteiger partial charge in [-0.25, -0.2) is 0 Å². The van der Waals surface area contributed by atoms with E-state index in [-0.39, 0.29) is 12.4 Å². The summed E-state index contributed by atoms with van der Waals surface area (Å²) in [6.45, 7) is 2.23. The Labute approximate surface area is 89.7 Å². The standard InChI is InChI=1S/C11H13NO.ClH/c13-10-3-1-2-8(4-10)11-5-9(11)6-12-7-11;/h1-4,9,12-13H,5-7H2;1H. The van der Waals surface area contributed by atoms with Crippen molar-refractivity contribution in [3.63, 3.8) is 0 Å². The predicted molar refractivity (Wildman–Crippen MR) is 58.0 cm³/mol. The second-order valence-electron chi connectivity index (χ2n) is 4.24. The van der Waals surface area contributed by atoms with Gasteiger partial charge in [-0.2, -0.15) is 0 Å². The minimum atomic E-state index is 0. The van der Waals surface area contributed by atoms with E-state index >= 15 is 0 Å². The summed E-state index contributed by atoms with van der Waals surface area (Å²) in [7, 11) is 0. The number of phenolic OH excluding ortho intramolecular Hbond substituents is 1. The normalized spacial score (nSPS) is 33.3. The quantitative estimate of drug-likeness (QED) is 0.741. The summed E-state index contributed by atoms with van der Waals surface area (Å²) in [5, 5.41) is 12.8. The van der Waals surface area contributed by atoms with Crippen LogP contribution in [0.5, 0.6) is 5.75 Å². The first-order valence-corrected chi connectivity index (χ1v) is 4.81. The van der Waals surface area contributed by atoms with Gasteiger partial charge in [0.2, 0.25) is 0 Å². The molecule has 0 spiro atoms. The third-order valence-corrected chi connectivity index (χ3v) is 3.48. The van der Waals surface area contributed by atoms with E-state index in [1.165, 1.54) is 12.0 Å². The zero-order chi connectivity index (χ0) is 8.89. The number of nitrogens with one attached hydrogen (secondary N) is 1. The average Bonchev–Trinajstić information content (AvgIpc) is 2.70. The lowest BCUT2D eigenvalue weighted by Crippen LogP contribution is -2.18. The Morgan fingerprint density at radius 3 is 2.86 bits per heavy atom. The fraction of sp³-hybridized carbons (Fsp3) is 0.455. The summed E-state index contributed by atoms with van der Waals surface area (Å²) in [5.41, 5.74) is 1.68. The van der Waals surface area contributed by atoms with Crippen molar-refractivity contribution in [2.75, 3.05) is 13.1 Å². The van der Waals surface area contributed by atoms with Crippen molar-refractivity contribution in [2.24, 2.45) is 5.92 Å². The molecule has 1 aliphatic heterocycles. The van der Waals surface area contributed by atoms with Gasteiger partial charge in [0.1, 0.15) is 5.75 Å². The van der Waals surface area contributed by atoms with Crippen LogP contribution >= 0.6 is 12.4 Å². The highest BCUT2D eigenvalue weighted by Gasteiger charge is 2.57. The monoisotopic (exact) mass is 211 g/mol. The number of benzene rings is 1. The van der Waals surface area contributed by atoms with Crippen LogP contribution in [0.2, 0.25) is 0 Å². The molecule has 0 amide bonds. The fourth-order valence-corrected chi connectivity index (χ4v) is 2.61. The fourth-order valence-electron chi connectivity index (χ4n) is 2.61. The second kappa shape index (κ2) is 3.14. The number of phenols is 1. The molecular formula is C11H14ClNO. The molecule has 76 valence electrons. The second-order valence-corrected chi connectivity index (χ2v) is 4.24. The van der Waals surface area contributed by atoms with Gasteiger partial charge >= 0.3 is 0 Å². The van der Waals surface area contributed by atoms with Crippen LogP contribution in [0.25, 0.3) is 0 Å². The number of hydrogen-bond donors (Lipinski definition) is 2. The van der Waals surface area contributed by atoms with E-state index in [1.807, 2.05) is 12.1 Å². The number of halogens is 1. The topological polar surface area (TPSA) is 32.3 Å². The van der Waals surface area contributed by atoms with Crippen LogP contribution in [0.1, 0.15) is 12.0 Å². The average molecular weight is 212 g/mol. The van der Waals surface area contributed by atoms with Gasteiger partial charge in [-0.15, -0.1) is 12.4 Å². The van der Waals surface area contributed by atoms with Crippen molar-refractivity contribution < 1.29 is 5.11 Å². The molecule has 14 heavy (non-hydrogen) atoms. The smallest absolute Gasteiger partial charge is 0.115 e. The predicted octanol–water partition coefficient (Wildman–Crippen LogP) is 1.67. The molecule has 2 unspecified atom stereocenters. The van der Waals surface area contributed by atoms with E-state index in [1.54, 1.807) is 6.07 Å². The molecular weight excluding hydrogens is 198 g/mol. The summed E-state index contributed by atoms with van der Waals surface area (Å²) >= 11 is 0. The summed E-state index contributed by atoms with van der Waals surface area (Å²) in [6, 6.07) is 7.72. The lowest BCUT2D eigenvalue weighted by atomic mass is 9.95. The Morgan fingerprint density at radius 2 is 2.29 bits per heavy atom. The molecule has 3 heteroatoms. The van der Waals surface area contributed by atoms with Crippen LogP contribution < -0.4 is 5.32 Å². The number of rotatable bonds is 1. The summed E-state index contributed by atoms with van der Waals surface area (Å²) in [4.78, 5) is 0. The Bertz CT molecular complexity index is 355. The molecule has 1 aromatic rings. The molecule has 2 atom stereocenters. The Kier molecular flexibility index (Phi) is 2.20. The van der Waals surface area contributed by atoms with Gasteiger partial charge < -0.3 is 10.4 Å². The van der Waals surface area contributed by atoms with Crippen LogP contribution in [-0.4, -0.2) is 18.2 Å². The molecule has 1 saturated heterocycles. The lowest BCUT2D eigenvalue weighted by molar-refractivity contribution is 0.473. The summed E-state index contributed by atoms with van der Waals surface area (Å²) in [5.74, 6) is 1.21. The Hall–Kier alpha value is -0.730. The number of piperidine rings is 1. The molecule has 1 aliphatic carbocycles. The van der Waals surface area contributed by atoms with Crippen molar-refractivity contribution in [1.29, 1.82) is 0 Å². The first-order valence-electron chi connectivity index (χ1n) is 4.81. The van der Waals surface area contributed by atoms with Crippen molar-refractivity contribution in [3.05, 3.63) is 29.8 Å². The van der Waals surface area contributed by atoms with Crippen LogP contribution in [0.4, 0.5) is 0 Å². The first-order chi connectivity index (χ1) is 6.31. The molecule has 2 aliphatic rings. The van der Waals surface area contributed by atoms with Crippen molar-refractivity contribution in [1.82, 2.24) is 5.32 Å². The number of hydrogen-bond acceptors (Lipinski definition) is 2. The molecule has 1 heterocycles. The van der Waals surface area contributed by atoms with Gasteiger partial charge in [-0.1, -0.05) is 12.1 Å². The van der Waals surface area contributed by atoms with E-state index in [4.69, 9.17) is 0 Å². The van der Waals surface area contributed by atoms with Gasteiger partial charge in [-0.3, -0.25) is 0 Å². The molecule has 3 rings (SSSR count). The van der Waals surface area contributed by atoms with Gasteiger partial charge in [0.05, 0.1) is 0 Å². The lowest BCUT2D eigenvalue weighted by Gasteiger charge is -2.11. The van der Waals surface area contributed by atoms with Crippen LogP contribution in [0.15, 0.2) is 24.3 Å². The van der Waals surface area contributed by atoms with Gasteiger partial charge in [0, 0.05) is 12.0 Å². The number of aromatic hydroxyl groups is 1.